The van der Waals surface area contributed by atoms with Gasteiger partial charge >= 0.3 is 0 Å². The first-order valence-electron chi connectivity index (χ1n) is 7.18. The maximum absolute atomic E-state index is 12.6. The predicted molar refractivity (Wildman–Crippen MR) is 90.7 cm³/mol. The fourth-order valence-corrected chi connectivity index (χ4v) is 3.03. The summed E-state index contributed by atoms with van der Waals surface area (Å²) in [7, 11) is 1.85. The number of nitrogens with one attached hydrogen (secondary N) is 1. The van der Waals surface area contributed by atoms with Gasteiger partial charge in [-0.15, -0.1) is 5.10 Å². The molecule has 0 unspecified atom stereocenters. The molecule has 0 atom stereocenters. The Morgan fingerprint density at radius 2 is 1.87 bits per heavy atom. The molecule has 0 saturated heterocycles. The number of aromatic nitrogens is 4. The summed E-state index contributed by atoms with van der Waals surface area (Å²) in [6.07, 6.45) is 0. The summed E-state index contributed by atoms with van der Waals surface area (Å²) in [5, 5.41) is 11.2. The van der Waals surface area contributed by atoms with Gasteiger partial charge in [-0.2, -0.15) is 5.10 Å². The first-order chi connectivity index (χ1) is 11.0. The summed E-state index contributed by atoms with van der Waals surface area (Å²) in [5.74, 6) is -0.270. The summed E-state index contributed by atoms with van der Waals surface area (Å²) < 4.78 is 5.68. The van der Waals surface area contributed by atoms with Crippen molar-refractivity contribution in [2.45, 2.75) is 20.8 Å². The van der Waals surface area contributed by atoms with Crippen LogP contribution in [0, 0.1) is 20.8 Å². The number of benzene rings is 1. The zero-order valence-electron chi connectivity index (χ0n) is 13.4. The second-order valence-electron chi connectivity index (χ2n) is 5.44. The molecular weight excluding hydrogens is 310 g/mol. The Labute approximate surface area is 138 Å². The highest BCUT2D eigenvalue weighted by molar-refractivity contribution is 7.09. The van der Waals surface area contributed by atoms with Crippen LogP contribution in [0.15, 0.2) is 24.3 Å². The van der Waals surface area contributed by atoms with Gasteiger partial charge in [-0.1, -0.05) is 34.3 Å². The van der Waals surface area contributed by atoms with E-state index in [4.69, 9.17) is 0 Å². The van der Waals surface area contributed by atoms with Crippen LogP contribution >= 0.6 is 11.5 Å². The quantitative estimate of drug-likeness (QED) is 0.802. The van der Waals surface area contributed by atoms with Gasteiger partial charge in [-0.05, 0) is 37.9 Å². The van der Waals surface area contributed by atoms with Crippen molar-refractivity contribution in [1.29, 1.82) is 0 Å². The summed E-state index contributed by atoms with van der Waals surface area (Å²) in [5.41, 5.74) is 4.84. The van der Waals surface area contributed by atoms with E-state index in [0.29, 0.717) is 5.69 Å². The van der Waals surface area contributed by atoms with Crippen LogP contribution in [0.4, 0.5) is 5.69 Å². The lowest BCUT2D eigenvalue weighted by Crippen LogP contribution is -2.14. The van der Waals surface area contributed by atoms with E-state index in [1.165, 1.54) is 17.1 Å². The molecule has 1 N–H and O–H groups in total. The van der Waals surface area contributed by atoms with Crippen molar-refractivity contribution in [1.82, 2.24) is 19.4 Å². The number of aryl methyl sites for hydroxylation is 3. The highest BCUT2D eigenvalue weighted by atomic mass is 32.1. The Kier molecular flexibility index (Phi) is 3.96. The van der Waals surface area contributed by atoms with Crippen molar-refractivity contribution in [3.05, 3.63) is 46.9 Å². The van der Waals surface area contributed by atoms with E-state index in [0.717, 1.165) is 27.5 Å². The summed E-state index contributed by atoms with van der Waals surface area (Å²) in [4.78, 5) is 13.4. The molecule has 0 spiro atoms. The van der Waals surface area contributed by atoms with Crippen LogP contribution < -0.4 is 5.32 Å². The van der Waals surface area contributed by atoms with E-state index in [-0.39, 0.29) is 5.91 Å². The van der Waals surface area contributed by atoms with E-state index in [1.54, 1.807) is 4.68 Å². The Balaban J connectivity index is 1.92. The first kappa shape index (κ1) is 15.4. The maximum Gasteiger partial charge on any atom is 0.277 e. The summed E-state index contributed by atoms with van der Waals surface area (Å²) >= 11 is 1.22. The third kappa shape index (κ3) is 2.87. The monoisotopic (exact) mass is 327 g/mol. The van der Waals surface area contributed by atoms with E-state index in [1.807, 2.05) is 52.1 Å². The predicted octanol–water partition coefficient (Wildman–Crippen LogP) is 3.12. The molecule has 0 radical (unpaired) electrons. The van der Waals surface area contributed by atoms with Gasteiger partial charge < -0.3 is 5.32 Å². The van der Waals surface area contributed by atoms with Gasteiger partial charge in [0.05, 0.1) is 22.0 Å². The van der Waals surface area contributed by atoms with Crippen LogP contribution in [0.5, 0.6) is 0 Å². The number of hydrogen-bond donors (Lipinski definition) is 1. The number of rotatable bonds is 3. The molecule has 7 heteroatoms. The average Bonchev–Trinajstić information content (AvgIpc) is 3.09. The summed E-state index contributed by atoms with van der Waals surface area (Å²) in [6, 6.07) is 7.96. The van der Waals surface area contributed by atoms with Gasteiger partial charge in [-0.25, -0.2) is 0 Å². The van der Waals surface area contributed by atoms with Crippen LogP contribution in [0.2, 0.25) is 0 Å². The minimum atomic E-state index is -0.270. The van der Waals surface area contributed by atoms with Crippen LogP contribution in [-0.2, 0) is 7.05 Å². The van der Waals surface area contributed by atoms with Crippen molar-refractivity contribution in [2.75, 3.05) is 5.32 Å². The fraction of sp³-hybridized carbons (Fsp3) is 0.250. The standard InChI is InChI=1S/C16H17N5OS/c1-9-5-7-12(8-6-9)15-14(18-20-23-15)16(22)17-13-10(2)19-21(4)11(13)3/h5-8H,1-4H3,(H,17,22). The molecule has 118 valence electrons. The molecule has 6 nitrogen and oxygen atoms in total. The number of carbonyl (C=O) groups excluding carboxylic acids is 1. The van der Waals surface area contributed by atoms with Crippen molar-refractivity contribution in [3.63, 3.8) is 0 Å². The van der Waals surface area contributed by atoms with Gasteiger partial charge in [0, 0.05) is 7.05 Å². The molecule has 2 heterocycles. The molecule has 0 aliphatic carbocycles. The largest absolute Gasteiger partial charge is 0.317 e. The van der Waals surface area contributed by atoms with Crippen molar-refractivity contribution in [3.8, 4) is 10.4 Å². The number of nitrogens with zero attached hydrogens (tertiary/aromatic N) is 4. The molecule has 3 aromatic rings. The highest BCUT2D eigenvalue weighted by Gasteiger charge is 2.20. The summed E-state index contributed by atoms with van der Waals surface area (Å²) in [6.45, 7) is 5.80. The minimum absolute atomic E-state index is 0.270. The second kappa shape index (κ2) is 5.92. The molecular formula is C16H17N5OS. The topological polar surface area (TPSA) is 72.7 Å². The van der Waals surface area contributed by atoms with Crippen molar-refractivity contribution in [2.24, 2.45) is 7.05 Å². The number of hydrogen-bond acceptors (Lipinski definition) is 5. The van der Waals surface area contributed by atoms with Crippen LogP contribution in [0.1, 0.15) is 27.4 Å². The van der Waals surface area contributed by atoms with Gasteiger partial charge in [0.2, 0.25) is 0 Å². The van der Waals surface area contributed by atoms with Crippen LogP contribution in [-0.4, -0.2) is 25.3 Å². The Hall–Kier alpha value is -2.54. The Morgan fingerprint density at radius 3 is 2.48 bits per heavy atom. The molecule has 1 amide bonds. The molecule has 0 aliphatic heterocycles. The Morgan fingerprint density at radius 1 is 1.17 bits per heavy atom. The minimum Gasteiger partial charge on any atom is -0.317 e. The first-order valence-corrected chi connectivity index (χ1v) is 7.95. The Bertz CT molecular complexity index is 863. The molecule has 3 rings (SSSR count). The third-order valence-corrected chi connectivity index (χ3v) is 4.54. The van der Waals surface area contributed by atoms with Crippen molar-refractivity contribution >= 4 is 23.1 Å². The lowest BCUT2D eigenvalue weighted by molar-refractivity contribution is 0.102. The molecule has 0 aliphatic rings. The fourth-order valence-electron chi connectivity index (χ4n) is 2.36. The zero-order chi connectivity index (χ0) is 16.6. The van der Waals surface area contributed by atoms with E-state index >= 15 is 0 Å². The molecule has 1 aromatic carbocycles. The molecule has 2 aromatic heterocycles. The number of carbonyl (C=O) groups is 1. The maximum atomic E-state index is 12.6. The van der Waals surface area contributed by atoms with Gasteiger partial charge in [0.1, 0.15) is 0 Å². The second-order valence-corrected chi connectivity index (χ2v) is 6.19. The van der Waals surface area contributed by atoms with Crippen LogP contribution in [0.3, 0.4) is 0 Å². The smallest absolute Gasteiger partial charge is 0.277 e. The number of anilines is 1. The van der Waals surface area contributed by atoms with E-state index < -0.39 is 0 Å². The lowest BCUT2D eigenvalue weighted by atomic mass is 10.1. The lowest BCUT2D eigenvalue weighted by Gasteiger charge is -2.05. The van der Waals surface area contributed by atoms with Gasteiger partial charge in [0.25, 0.3) is 5.91 Å². The molecule has 23 heavy (non-hydrogen) atoms. The zero-order valence-corrected chi connectivity index (χ0v) is 14.2. The van der Waals surface area contributed by atoms with Gasteiger partial charge in [-0.3, -0.25) is 9.48 Å². The third-order valence-electron chi connectivity index (χ3n) is 3.76. The molecule has 0 fully saturated rings. The van der Waals surface area contributed by atoms with E-state index in [2.05, 4.69) is 20.0 Å². The van der Waals surface area contributed by atoms with Crippen LogP contribution in [0.25, 0.3) is 10.4 Å². The number of amides is 1. The highest BCUT2D eigenvalue weighted by Crippen LogP contribution is 2.27. The average molecular weight is 327 g/mol. The SMILES string of the molecule is Cc1ccc(-c2snnc2C(=O)Nc2c(C)nn(C)c2C)cc1. The molecule has 0 saturated carbocycles. The van der Waals surface area contributed by atoms with E-state index in [9.17, 15) is 4.79 Å². The normalized spacial score (nSPS) is 10.8. The molecule has 0 bridgehead atoms. The van der Waals surface area contributed by atoms with Crippen molar-refractivity contribution < 1.29 is 4.79 Å². The van der Waals surface area contributed by atoms with Gasteiger partial charge in [0.15, 0.2) is 5.69 Å².